The number of rotatable bonds is 8. The molecule has 5 rings (SSSR count). The molecule has 3 fully saturated rings. The van der Waals surface area contributed by atoms with Gasteiger partial charge in [0.25, 0.3) is 11.8 Å². The van der Waals surface area contributed by atoms with Crippen molar-refractivity contribution in [1.82, 2.24) is 9.80 Å². The monoisotopic (exact) mass is 592 g/mol. The number of carboxylic acid groups (broad SMARTS) is 1. The van der Waals surface area contributed by atoms with Crippen molar-refractivity contribution in [2.45, 2.75) is 54.2 Å². The second-order valence-electron chi connectivity index (χ2n) is 11.0. The topological polar surface area (TPSA) is 142 Å². The van der Waals surface area contributed by atoms with Gasteiger partial charge in [-0.1, -0.05) is 24.1 Å². The van der Waals surface area contributed by atoms with Crippen molar-refractivity contribution < 1.29 is 38.9 Å². The minimum atomic E-state index is -1.92. The number of nitrogens with zero attached hydrogens (tertiary/aromatic N) is 2. The number of methoxy groups -OCH3 is 1. The van der Waals surface area contributed by atoms with Crippen LogP contribution in [0.15, 0.2) is 29.8 Å². The summed E-state index contributed by atoms with van der Waals surface area (Å²) in [6, 6.07) is 4.58. The van der Waals surface area contributed by atoms with Gasteiger partial charge in [0.05, 0.1) is 18.9 Å². The highest BCUT2D eigenvalue weighted by atomic mass is 35.5. The molecule has 2 aliphatic carbocycles. The second-order valence-corrected chi connectivity index (χ2v) is 12.2. The van der Waals surface area contributed by atoms with Gasteiger partial charge in [0.2, 0.25) is 11.8 Å². The van der Waals surface area contributed by atoms with Crippen LogP contribution in [0.1, 0.15) is 50.0 Å². The van der Waals surface area contributed by atoms with E-state index in [1.165, 1.54) is 31.2 Å². The number of amides is 4. The summed E-state index contributed by atoms with van der Waals surface area (Å²) >= 11 is 14.2. The Morgan fingerprint density at radius 2 is 1.80 bits per heavy atom. The number of phenolic OH excluding ortho intramolecular Hbond substituents is 1. The molecule has 0 bridgehead atoms. The van der Waals surface area contributed by atoms with Crippen molar-refractivity contribution in [1.29, 1.82) is 0 Å². The first-order valence-corrected chi connectivity index (χ1v) is 14.0. The maximum atomic E-state index is 13.7. The number of benzene rings is 1. The molecule has 6 atom stereocenters. The van der Waals surface area contributed by atoms with Crippen LogP contribution in [-0.4, -0.2) is 80.1 Å². The van der Waals surface area contributed by atoms with E-state index in [-0.39, 0.29) is 49.1 Å². The normalized spacial score (nSPS) is 33.0. The van der Waals surface area contributed by atoms with Crippen molar-refractivity contribution >= 4 is 52.8 Å². The predicted molar refractivity (Wildman–Crippen MR) is 143 cm³/mol. The summed E-state index contributed by atoms with van der Waals surface area (Å²) in [7, 11) is 2.72. The highest BCUT2D eigenvalue weighted by molar-refractivity contribution is 6.53. The first-order chi connectivity index (χ1) is 18.9. The van der Waals surface area contributed by atoms with Gasteiger partial charge in [-0.15, -0.1) is 23.2 Å². The molecule has 1 saturated carbocycles. The van der Waals surface area contributed by atoms with E-state index in [0.29, 0.717) is 30.4 Å². The zero-order chi connectivity index (χ0) is 29.1. The molecule has 214 valence electrons. The van der Waals surface area contributed by atoms with Gasteiger partial charge in [-0.25, -0.2) is 0 Å². The zero-order valence-corrected chi connectivity index (χ0v) is 23.6. The molecule has 2 N–H and O–H groups in total. The zero-order valence-electron chi connectivity index (χ0n) is 22.1. The van der Waals surface area contributed by atoms with Crippen molar-refractivity contribution in [3.8, 4) is 11.5 Å². The van der Waals surface area contributed by atoms with Gasteiger partial charge in [-0.05, 0) is 49.3 Å². The first kappa shape index (κ1) is 28.4. The van der Waals surface area contributed by atoms with Gasteiger partial charge in [0.1, 0.15) is 0 Å². The summed E-state index contributed by atoms with van der Waals surface area (Å²) in [6.07, 6.45) is 3.46. The van der Waals surface area contributed by atoms with Crippen molar-refractivity contribution in [2.75, 3.05) is 20.7 Å². The van der Waals surface area contributed by atoms with Gasteiger partial charge in [-0.2, -0.15) is 0 Å². The van der Waals surface area contributed by atoms with Crippen LogP contribution in [-0.2, 0) is 24.0 Å². The number of imide groups is 2. The number of carbonyl (C=O) groups is 5. The minimum absolute atomic E-state index is 0.0178. The standard InChI is InChI=1S/C28H30Cl2N2O8/c1-31-25(38)27(29)13-17-15(22(28(27,30)26(31)39)14-7-10-19(40-2)18(33)12-14)8-9-16-21(17)24(37)32(23(16)36)11-5-3-4-6-20(34)35/h7-8,10,12,16-17,21-22,33H,3-6,9,11,13H2,1-2H3,(H,34,35). The molecule has 2 heterocycles. The van der Waals surface area contributed by atoms with E-state index in [1.54, 1.807) is 6.07 Å². The Balaban J connectivity index is 1.53. The number of hydrogen-bond acceptors (Lipinski definition) is 7. The largest absolute Gasteiger partial charge is 0.504 e. The summed E-state index contributed by atoms with van der Waals surface area (Å²) in [6.45, 7) is 0.174. The van der Waals surface area contributed by atoms with Crippen molar-refractivity contribution in [3.05, 3.63) is 35.4 Å². The summed E-state index contributed by atoms with van der Waals surface area (Å²) < 4.78 is 5.16. The van der Waals surface area contributed by atoms with Gasteiger partial charge in [-0.3, -0.25) is 33.8 Å². The molecule has 1 aromatic carbocycles. The lowest BCUT2D eigenvalue weighted by molar-refractivity contribution is -0.141. The number of aliphatic carboxylic acids is 1. The average Bonchev–Trinajstić information content (AvgIpc) is 3.23. The highest BCUT2D eigenvalue weighted by Gasteiger charge is 2.75. The van der Waals surface area contributed by atoms with Crippen LogP contribution in [0.25, 0.3) is 0 Å². The van der Waals surface area contributed by atoms with E-state index >= 15 is 0 Å². The number of phenols is 1. The number of carboxylic acids is 1. The molecule has 0 spiro atoms. The van der Waals surface area contributed by atoms with Crippen LogP contribution in [0.2, 0.25) is 0 Å². The number of aromatic hydroxyl groups is 1. The highest BCUT2D eigenvalue weighted by Crippen LogP contribution is 2.65. The minimum Gasteiger partial charge on any atom is -0.504 e. The number of allylic oxidation sites excluding steroid dienone is 2. The number of hydrogen-bond donors (Lipinski definition) is 2. The number of halogens is 2. The van der Waals surface area contributed by atoms with Crippen LogP contribution in [0.5, 0.6) is 11.5 Å². The molecule has 40 heavy (non-hydrogen) atoms. The van der Waals surface area contributed by atoms with E-state index in [1.807, 2.05) is 6.08 Å². The quantitative estimate of drug-likeness (QED) is 0.203. The van der Waals surface area contributed by atoms with Gasteiger partial charge in [0.15, 0.2) is 21.2 Å². The van der Waals surface area contributed by atoms with Crippen LogP contribution in [0.4, 0.5) is 0 Å². The number of carbonyl (C=O) groups excluding carboxylic acids is 4. The van der Waals surface area contributed by atoms with Gasteiger partial charge >= 0.3 is 5.97 Å². The molecule has 10 nitrogen and oxygen atoms in total. The maximum Gasteiger partial charge on any atom is 0.303 e. The van der Waals surface area contributed by atoms with Crippen LogP contribution in [0, 0.1) is 17.8 Å². The fraction of sp³-hybridized carbons (Fsp3) is 0.536. The molecule has 0 aromatic heterocycles. The Labute approximate surface area is 240 Å². The number of fused-ring (bicyclic) bond motifs is 4. The molecule has 0 radical (unpaired) electrons. The number of alkyl halides is 2. The van der Waals surface area contributed by atoms with Crippen molar-refractivity contribution in [3.63, 3.8) is 0 Å². The number of likely N-dealkylation sites (tertiary alicyclic amines) is 2. The summed E-state index contributed by atoms with van der Waals surface area (Å²) in [5, 5.41) is 19.4. The van der Waals surface area contributed by atoms with Crippen LogP contribution < -0.4 is 4.74 Å². The van der Waals surface area contributed by atoms with Crippen LogP contribution >= 0.6 is 23.2 Å². The Kier molecular flexibility index (Phi) is 7.15. The Morgan fingerprint density at radius 1 is 1.07 bits per heavy atom. The van der Waals surface area contributed by atoms with E-state index in [2.05, 4.69) is 0 Å². The van der Waals surface area contributed by atoms with Gasteiger partial charge < -0.3 is 14.9 Å². The lowest BCUT2D eigenvalue weighted by Crippen LogP contribution is -2.60. The SMILES string of the molecule is COc1ccc(C2C3=CCC4C(=O)N(CCCCCC(=O)O)C(=O)C4C3CC3(Cl)C(=O)N(C)C(=O)C23Cl)cc1O. The third-order valence-electron chi connectivity index (χ3n) is 8.91. The smallest absolute Gasteiger partial charge is 0.303 e. The molecular formula is C28H30Cl2N2O8. The Hall–Kier alpha value is -3.11. The number of unbranched alkanes of at least 4 members (excludes halogenated alkanes) is 2. The van der Waals surface area contributed by atoms with E-state index in [4.69, 9.17) is 33.0 Å². The average molecular weight is 593 g/mol. The maximum absolute atomic E-state index is 13.7. The molecule has 6 unspecified atom stereocenters. The Bertz CT molecular complexity index is 1350. The third kappa shape index (κ3) is 3.94. The molecule has 2 saturated heterocycles. The predicted octanol–water partition coefficient (Wildman–Crippen LogP) is 3.03. The van der Waals surface area contributed by atoms with Crippen molar-refractivity contribution in [2.24, 2.45) is 17.8 Å². The summed E-state index contributed by atoms with van der Waals surface area (Å²) in [4.78, 5) is 63.2. The van der Waals surface area contributed by atoms with Gasteiger partial charge in [0, 0.05) is 25.9 Å². The Morgan fingerprint density at radius 3 is 2.45 bits per heavy atom. The second kappa shape index (κ2) is 10.1. The van der Waals surface area contributed by atoms with E-state index in [9.17, 15) is 29.1 Å². The lowest BCUT2D eigenvalue weighted by atomic mass is 9.56. The molecule has 1 aromatic rings. The molecule has 4 aliphatic rings. The fourth-order valence-electron chi connectivity index (χ4n) is 7.01. The molecule has 12 heteroatoms. The van der Waals surface area contributed by atoms with E-state index in [0.717, 1.165) is 4.90 Å². The fourth-order valence-corrected chi connectivity index (χ4v) is 8.03. The molecule has 4 amide bonds. The van der Waals surface area contributed by atoms with Crippen LogP contribution in [0.3, 0.4) is 0 Å². The molecule has 2 aliphatic heterocycles. The number of ether oxygens (including phenoxy) is 1. The lowest BCUT2D eigenvalue weighted by Gasteiger charge is -2.50. The first-order valence-electron chi connectivity index (χ1n) is 13.2. The summed E-state index contributed by atoms with van der Waals surface area (Å²) in [5.74, 6) is -5.94. The summed E-state index contributed by atoms with van der Waals surface area (Å²) in [5.41, 5.74) is 1.06. The molecular weight excluding hydrogens is 563 g/mol. The third-order valence-corrected chi connectivity index (χ3v) is 10.3. The van der Waals surface area contributed by atoms with E-state index < -0.39 is 51.2 Å².